The summed E-state index contributed by atoms with van der Waals surface area (Å²) in [7, 11) is 0. The lowest BCUT2D eigenvalue weighted by Gasteiger charge is -2.11. The van der Waals surface area contributed by atoms with Gasteiger partial charge in [-0.2, -0.15) is 0 Å². The van der Waals surface area contributed by atoms with E-state index in [1.807, 2.05) is 26.0 Å². The van der Waals surface area contributed by atoms with E-state index in [9.17, 15) is 4.79 Å². The molecule has 0 spiro atoms. The van der Waals surface area contributed by atoms with Crippen LogP contribution in [0.1, 0.15) is 54.1 Å². The molecule has 0 saturated carbocycles. The van der Waals surface area contributed by atoms with Gasteiger partial charge in [0.25, 0.3) is 0 Å². The summed E-state index contributed by atoms with van der Waals surface area (Å²) in [5, 5.41) is 0. The van der Waals surface area contributed by atoms with Crippen LogP contribution >= 0.6 is 0 Å². The highest BCUT2D eigenvalue weighted by Crippen LogP contribution is 2.22. The molecule has 0 fully saturated rings. The Bertz CT molecular complexity index is 369. The average molecular weight is 234 g/mol. The van der Waals surface area contributed by atoms with E-state index in [1.165, 1.54) is 19.3 Å². The zero-order chi connectivity index (χ0) is 12.7. The van der Waals surface area contributed by atoms with Gasteiger partial charge in [0.05, 0.1) is 6.61 Å². The van der Waals surface area contributed by atoms with Crippen LogP contribution in [0.15, 0.2) is 12.1 Å². The van der Waals surface area contributed by atoms with Crippen molar-refractivity contribution in [3.63, 3.8) is 0 Å². The van der Waals surface area contributed by atoms with Gasteiger partial charge in [-0.3, -0.25) is 4.79 Å². The van der Waals surface area contributed by atoms with Crippen LogP contribution in [-0.4, -0.2) is 12.9 Å². The summed E-state index contributed by atoms with van der Waals surface area (Å²) in [6.45, 7) is 6.88. The molecule has 0 unspecified atom stereocenters. The number of hydrogen-bond acceptors (Lipinski definition) is 2. The first-order chi connectivity index (χ1) is 8.19. The second-order valence-corrected chi connectivity index (χ2v) is 4.50. The molecule has 0 saturated heterocycles. The molecule has 1 aromatic rings. The van der Waals surface area contributed by atoms with E-state index in [0.717, 1.165) is 41.8 Å². The third-order valence-corrected chi connectivity index (χ3v) is 2.95. The SMILES string of the molecule is CCCCCCOc1cc(C)c(C=O)cc1C. The Kier molecular flexibility index (Phi) is 5.75. The summed E-state index contributed by atoms with van der Waals surface area (Å²) < 4.78 is 5.75. The molecule has 0 aromatic heterocycles. The third-order valence-electron chi connectivity index (χ3n) is 2.95. The molecule has 0 N–H and O–H groups in total. The highest BCUT2D eigenvalue weighted by atomic mass is 16.5. The van der Waals surface area contributed by atoms with Crippen LogP contribution in [0.5, 0.6) is 5.75 Å². The van der Waals surface area contributed by atoms with Crippen molar-refractivity contribution in [1.82, 2.24) is 0 Å². The standard InChI is InChI=1S/C15H22O2/c1-4-5-6-7-8-17-15-10-12(2)14(11-16)9-13(15)3/h9-11H,4-8H2,1-3H3. The summed E-state index contributed by atoms with van der Waals surface area (Å²) in [6.07, 6.45) is 5.73. The Morgan fingerprint density at radius 1 is 1.12 bits per heavy atom. The fourth-order valence-electron chi connectivity index (χ4n) is 1.81. The lowest BCUT2D eigenvalue weighted by Crippen LogP contribution is -2.00. The van der Waals surface area contributed by atoms with E-state index in [1.54, 1.807) is 0 Å². The first-order valence-electron chi connectivity index (χ1n) is 6.38. The topological polar surface area (TPSA) is 26.3 Å². The molecule has 0 aliphatic rings. The maximum absolute atomic E-state index is 10.8. The molecule has 0 radical (unpaired) electrons. The van der Waals surface area contributed by atoms with E-state index < -0.39 is 0 Å². The van der Waals surface area contributed by atoms with E-state index in [2.05, 4.69) is 6.92 Å². The number of carbonyl (C=O) groups excluding carboxylic acids is 1. The van der Waals surface area contributed by atoms with Crippen LogP contribution in [0.3, 0.4) is 0 Å². The molecule has 0 aliphatic carbocycles. The summed E-state index contributed by atoms with van der Waals surface area (Å²) >= 11 is 0. The Hall–Kier alpha value is -1.31. The quantitative estimate of drug-likeness (QED) is 0.525. The third kappa shape index (κ3) is 4.22. The Morgan fingerprint density at radius 2 is 1.88 bits per heavy atom. The molecule has 17 heavy (non-hydrogen) atoms. The van der Waals surface area contributed by atoms with E-state index in [0.29, 0.717) is 0 Å². The number of rotatable bonds is 7. The molecule has 1 rings (SSSR count). The Labute approximate surface area is 104 Å². The van der Waals surface area contributed by atoms with Gasteiger partial charge in [-0.15, -0.1) is 0 Å². The molecular weight excluding hydrogens is 212 g/mol. The number of carbonyl (C=O) groups is 1. The van der Waals surface area contributed by atoms with Gasteiger partial charge in [-0.1, -0.05) is 26.2 Å². The van der Waals surface area contributed by atoms with Crippen molar-refractivity contribution in [2.24, 2.45) is 0 Å². The zero-order valence-electron chi connectivity index (χ0n) is 11.1. The van der Waals surface area contributed by atoms with Crippen molar-refractivity contribution in [3.05, 3.63) is 28.8 Å². The number of aryl methyl sites for hydroxylation is 2. The molecule has 0 bridgehead atoms. The van der Waals surface area contributed by atoms with Gasteiger partial charge < -0.3 is 4.74 Å². The lowest BCUT2D eigenvalue weighted by atomic mass is 10.1. The van der Waals surface area contributed by atoms with Crippen molar-refractivity contribution in [2.45, 2.75) is 46.5 Å². The molecule has 94 valence electrons. The summed E-state index contributed by atoms with van der Waals surface area (Å²) in [5.41, 5.74) is 2.77. The minimum atomic E-state index is 0.751. The fourth-order valence-corrected chi connectivity index (χ4v) is 1.81. The minimum absolute atomic E-state index is 0.751. The van der Waals surface area contributed by atoms with Crippen LogP contribution in [0.2, 0.25) is 0 Å². The number of benzene rings is 1. The van der Waals surface area contributed by atoms with Crippen molar-refractivity contribution >= 4 is 6.29 Å². The van der Waals surface area contributed by atoms with Gasteiger partial charge in [0.15, 0.2) is 0 Å². The van der Waals surface area contributed by atoms with E-state index in [-0.39, 0.29) is 0 Å². The lowest BCUT2D eigenvalue weighted by molar-refractivity contribution is 0.112. The normalized spacial score (nSPS) is 10.3. The van der Waals surface area contributed by atoms with Crippen molar-refractivity contribution in [1.29, 1.82) is 0 Å². The molecule has 1 aromatic carbocycles. The molecule has 2 nitrogen and oxygen atoms in total. The molecule has 2 heteroatoms. The first kappa shape index (κ1) is 13.8. The van der Waals surface area contributed by atoms with Crippen LogP contribution in [-0.2, 0) is 0 Å². The van der Waals surface area contributed by atoms with Crippen LogP contribution in [0.25, 0.3) is 0 Å². The van der Waals surface area contributed by atoms with Crippen LogP contribution < -0.4 is 4.74 Å². The van der Waals surface area contributed by atoms with Crippen LogP contribution in [0.4, 0.5) is 0 Å². The van der Waals surface area contributed by atoms with Gasteiger partial charge >= 0.3 is 0 Å². The van der Waals surface area contributed by atoms with Crippen LogP contribution in [0, 0.1) is 13.8 Å². The van der Waals surface area contributed by atoms with Gasteiger partial charge in [-0.05, 0) is 43.5 Å². The summed E-state index contributed by atoms with van der Waals surface area (Å²) in [6, 6.07) is 3.85. The molecular formula is C15H22O2. The second-order valence-electron chi connectivity index (χ2n) is 4.50. The maximum Gasteiger partial charge on any atom is 0.150 e. The monoisotopic (exact) mass is 234 g/mol. The second kappa shape index (κ2) is 7.10. The van der Waals surface area contributed by atoms with Gasteiger partial charge in [0, 0.05) is 5.56 Å². The average Bonchev–Trinajstić information content (AvgIpc) is 2.32. The fraction of sp³-hybridized carbons (Fsp3) is 0.533. The zero-order valence-corrected chi connectivity index (χ0v) is 11.1. The molecule has 0 aliphatic heterocycles. The van der Waals surface area contributed by atoms with Gasteiger partial charge in [-0.25, -0.2) is 0 Å². The largest absolute Gasteiger partial charge is 0.493 e. The smallest absolute Gasteiger partial charge is 0.150 e. The number of ether oxygens (including phenoxy) is 1. The van der Waals surface area contributed by atoms with Crippen molar-refractivity contribution in [3.8, 4) is 5.75 Å². The minimum Gasteiger partial charge on any atom is -0.493 e. The maximum atomic E-state index is 10.8. The van der Waals surface area contributed by atoms with Crippen molar-refractivity contribution in [2.75, 3.05) is 6.61 Å². The van der Waals surface area contributed by atoms with E-state index >= 15 is 0 Å². The van der Waals surface area contributed by atoms with Crippen molar-refractivity contribution < 1.29 is 9.53 Å². The predicted molar refractivity (Wildman–Crippen MR) is 70.9 cm³/mol. The highest BCUT2D eigenvalue weighted by molar-refractivity contribution is 5.78. The Morgan fingerprint density at radius 3 is 2.53 bits per heavy atom. The molecule has 0 atom stereocenters. The number of aldehydes is 1. The van der Waals surface area contributed by atoms with Gasteiger partial charge in [0.2, 0.25) is 0 Å². The summed E-state index contributed by atoms with van der Waals surface area (Å²) in [4.78, 5) is 10.8. The van der Waals surface area contributed by atoms with E-state index in [4.69, 9.17) is 4.74 Å². The predicted octanol–water partition coefficient (Wildman–Crippen LogP) is 4.08. The van der Waals surface area contributed by atoms with Gasteiger partial charge in [0.1, 0.15) is 12.0 Å². The number of hydrogen-bond donors (Lipinski definition) is 0. The summed E-state index contributed by atoms with van der Waals surface area (Å²) in [5.74, 6) is 0.907. The highest BCUT2D eigenvalue weighted by Gasteiger charge is 2.04. The Balaban J connectivity index is 2.53. The molecule has 0 amide bonds. The first-order valence-corrected chi connectivity index (χ1v) is 6.38. The number of unbranched alkanes of at least 4 members (excludes halogenated alkanes) is 3. The molecule has 0 heterocycles.